The lowest BCUT2D eigenvalue weighted by atomic mass is 10.1. The predicted octanol–water partition coefficient (Wildman–Crippen LogP) is 3.97. The highest BCUT2D eigenvalue weighted by Gasteiger charge is 2.20. The van der Waals surface area contributed by atoms with Gasteiger partial charge in [0.1, 0.15) is 10.8 Å². The van der Waals surface area contributed by atoms with Crippen LogP contribution in [0.3, 0.4) is 0 Å². The summed E-state index contributed by atoms with van der Waals surface area (Å²) in [4.78, 5) is 29.4. The first-order valence-electron chi connectivity index (χ1n) is 8.15. The highest BCUT2D eigenvalue weighted by atomic mass is 32.1. The Balaban J connectivity index is 1.66. The Morgan fingerprint density at radius 2 is 2.11 bits per heavy atom. The lowest BCUT2D eigenvalue weighted by Gasteiger charge is -2.16. The van der Waals surface area contributed by atoms with E-state index >= 15 is 0 Å². The van der Waals surface area contributed by atoms with Crippen molar-refractivity contribution in [1.29, 1.82) is 0 Å². The fraction of sp³-hybridized carbons (Fsp3) is 0.211. The smallest absolute Gasteiger partial charge is 0.307 e. The fourth-order valence-electron chi connectivity index (χ4n) is 2.51. The van der Waals surface area contributed by atoms with Crippen LogP contribution >= 0.6 is 22.7 Å². The topological polar surface area (TPSA) is 68.3 Å². The number of rotatable bonds is 7. The Morgan fingerprint density at radius 3 is 2.81 bits per heavy atom. The first-order valence-corrected chi connectivity index (χ1v) is 9.91. The zero-order valence-corrected chi connectivity index (χ0v) is 16.1. The molecule has 140 valence electrons. The third-order valence-electron chi connectivity index (χ3n) is 3.79. The molecule has 1 amide bonds. The molecule has 1 N–H and O–H groups in total. The molecule has 27 heavy (non-hydrogen) atoms. The lowest BCUT2D eigenvalue weighted by Crippen LogP contribution is -2.31. The number of amides is 1. The molecule has 0 fully saturated rings. The van der Waals surface area contributed by atoms with Crippen LogP contribution in [0, 0.1) is 5.82 Å². The number of methoxy groups -OCH3 is 1. The number of thiazole rings is 1. The molecule has 3 rings (SSSR count). The van der Waals surface area contributed by atoms with E-state index in [1.165, 1.54) is 41.9 Å². The number of nitrogens with one attached hydrogen (secondary N) is 1. The number of ether oxygens (including phenoxy) is 1. The van der Waals surface area contributed by atoms with Gasteiger partial charge < -0.3 is 10.1 Å². The zero-order valence-electron chi connectivity index (χ0n) is 14.5. The van der Waals surface area contributed by atoms with Crippen molar-refractivity contribution in [3.63, 3.8) is 0 Å². The van der Waals surface area contributed by atoms with Crippen LogP contribution in [-0.2, 0) is 20.7 Å². The summed E-state index contributed by atoms with van der Waals surface area (Å²) in [5, 5.41) is 7.19. The first kappa shape index (κ1) is 19.2. The summed E-state index contributed by atoms with van der Waals surface area (Å²) in [5.41, 5.74) is 1.27. The van der Waals surface area contributed by atoms with Crippen LogP contribution in [0.25, 0.3) is 10.6 Å². The summed E-state index contributed by atoms with van der Waals surface area (Å²) in [5.74, 6) is -0.965. The molecule has 1 atom stereocenters. The molecule has 0 aliphatic heterocycles. The Hall–Kier alpha value is -2.58. The minimum absolute atomic E-state index is 0.0639. The third-order valence-corrected chi connectivity index (χ3v) is 5.71. The number of hydrogen-bond acceptors (Lipinski definition) is 6. The normalized spacial score (nSPS) is 11.8. The maximum atomic E-state index is 13.4. The van der Waals surface area contributed by atoms with Gasteiger partial charge in [-0.2, -0.15) is 0 Å². The molecule has 2 heterocycles. The second kappa shape index (κ2) is 8.88. The van der Waals surface area contributed by atoms with E-state index in [0.29, 0.717) is 16.3 Å². The minimum Gasteiger partial charge on any atom is -0.469 e. The largest absolute Gasteiger partial charge is 0.469 e. The standard InChI is InChI=1S/C19H17FN2O3S2/c1-25-18(24)10-15(16-6-3-7-26-16)22-17(23)9-14-11-27-19(21-14)12-4-2-5-13(20)8-12/h2-8,11,15H,9-10H2,1H3,(H,22,23). The van der Waals surface area contributed by atoms with Crippen molar-refractivity contribution in [3.8, 4) is 10.6 Å². The summed E-state index contributed by atoms with van der Waals surface area (Å²) < 4.78 is 18.1. The van der Waals surface area contributed by atoms with Gasteiger partial charge >= 0.3 is 5.97 Å². The molecular formula is C19H17FN2O3S2. The van der Waals surface area contributed by atoms with Crippen molar-refractivity contribution in [1.82, 2.24) is 10.3 Å². The number of carbonyl (C=O) groups excluding carboxylic acids is 2. The fourth-order valence-corrected chi connectivity index (χ4v) is 4.11. The molecule has 0 aliphatic carbocycles. The van der Waals surface area contributed by atoms with E-state index in [9.17, 15) is 14.0 Å². The van der Waals surface area contributed by atoms with Crippen LogP contribution in [0.15, 0.2) is 47.2 Å². The quantitative estimate of drug-likeness (QED) is 0.605. The number of esters is 1. The highest BCUT2D eigenvalue weighted by Crippen LogP contribution is 2.25. The molecule has 0 radical (unpaired) electrons. The molecule has 5 nitrogen and oxygen atoms in total. The van der Waals surface area contributed by atoms with E-state index in [1.807, 2.05) is 17.5 Å². The van der Waals surface area contributed by atoms with Gasteiger partial charge in [-0.25, -0.2) is 9.37 Å². The first-order chi connectivity index (χ1) is 13.0. The summed E-state index contributed by atoms with van der Waals surface area (Å²) >= 11 is 2.82. The maximum absolute atomic E-state index is 13.4. The molecule has 0 bridgehead atoms. The van der Waals surface area contributed by atoms with Gasteiger partial charge in [-0.1, -0.05) is 18.2 Å². The van der Waals surface area contributed by atoms with Crippen LogP contribution in [0.5, 0.6) is 0 Å². The number of benzene rings is 1. The number of aromatic nitrogens is 1. The van der Waals surface area contributed by atoms with Crippen molar-refractivity contribution in [2.24, 2.45) is 0 Å². The molecule has 8 heteroatoms. The van der Waals surface area contributed by atoms with Crippen molar-refractivity contribution in [3.05, 3.63) is 63.5 Å². The average Bonchev–Trinajstić information content (AvgIpc) is 3.33. The van der Waals surface area contributed by atoms with Crippen molar-refractivity contribution in [2.75, 3.05) is 7.11 Å². The van der Waals surface area contributed by atoms with Gasteiger partial charge in [0.2, 0.25) is 5.91 Å². The Bertz CT molecular complexity index is 925. The number of hydrogen-bond donors (Lipinski definition) is 1. The van der Waals surface area contributed by atoms with Gasteiger partial charge in [-0.05, 0) is 23.6 Å². The molecule has 0 spiro atoms. The maximum Gasteiger partial charge on any atom is 0.307 e. The molecule has 1 unspecified atom stereocenters. The van der Waals surface area contributed by atoms with Gasteiger partial charge in [0.15, 0.2) is 0 Å². The zero-order chi connectivity index (χ0) is 19.2. The highest BCUT2D eigenvalue weighted by molar-refractivity contribution is 7.13. The number of halogens is 1. The number of carbonyl (C=O) groups is 2. The van der Waals surface area contributed by atoms with Crippen molar-refractivity contribution >= 4 is 34.6 Å². The second-order valence-electron chi connectivity index (χ2n) is 5.75. The van der Waals surface area contributed by atoms with Gasteiger partial charge in [0, 0.05) is 15.8 Å². The van der Waals surface area contributed by atoms with Gasteiger partial charge in [-0.15, -0.1) is 22.7 Å². The van der Waals surface area contributed by atoms with E-state index in [4.69, 9.17) is 4.74 Å². The third kappa shape index (κ3) is 5.21. The Labute approximate surface area is 163 Å². The lowest BCUT2D eigenvalue weighted by molar-refractivity contribution is -0.141. The molecule has 2 aromatic heterocycles. The van der Waals surface area contributed by atoms with Crippen LogP contribution in [0.4, 0.5) is 4.39 Å². The monoisotopic (exact) mass is 404 g/mol. The van der Waals surface area contributed by atoms with Crippen LogP contribution in [0.1, 0.15) is 23.0 Å². The predicted molar refractivity (Wildman–Crippen MR) is 103 cm³/mol. The molecule has 3 aromatic rings. The van der Waals surface area contributed by atoms with Crippen LogP contribution in [-0.4, -0.2) is 24.0 Å². The van der Waals surface area contributed by atoms with Gasteiger partial charge in [0.25, 0.3) is 0 Å². The van der Waals surface area contributed by atoms with Gasteiger partial charge in [-0.3, -0.25) is 9.59 Å². The molecule has 0 saturated heterocycles. The van der Waals surface area contributed by atoms with E-state index in [2.05, 4.69) is 10.3 Å². The average molecular weight is 404 g/mol. The number of thiophene rings is 1. The van der Waals surface area contributed by atoms with Crippen LogP contribution in [0.2, 0.25) is 0 Å². The molecule has 1 aromatic carbocycles. The van der Waals surface area contributed by atoms with E-state index < -0.39 is 12.0 Å². The van der Waals surface area contributed by atoms with Crippen molar-refractivity contribution < 1.29 is 18.7 Å². The minimum atomic E-state index is -0.439. The molecular weight excluding hydrogens is 387 g/mol. The summed E-state index contributed by atoms with van der Waals surface area (Å²) in [6, 6.07) is 9.46. The van der Waals surface area contributed by atoms with E-state index in [-0.39, 0.29) is 24.6 Å². The second-order valence-corrected chi connectivity index (χ2v) is 7.58. The van der Waals surface area contributed by atoms with Crippen LogP contribution < -0.4 is 5.32 Å². The summed E-state index contributed by atoms with van der Waals surface area (Å²) in [6.45, 7) is 0. The number of nitrogens with zero attached hydrogens (tertiary/aromatic N) is 1. The summed E-state index contributed by atoms with van der Waals surface area (Å²) in [7, 11) is 1.32. The van der Waals surface area contributed by atoms with E-state index in [0.717, 1.165) is 4.88 Å². The molecule has 0 saturated carbocycles. The summed E-state index contributed by atoms with van der Waals surface area (Å²) in [6.07, 6.45) is 0.142. The SMILES string of the molecule is COC(=O)CC(NC(=O)Cc1csc(-c2cccc(F)c2)n1)c1cccs1. The van der Waals surface area contributed by atoms with Gasteiger partial charge in [0.05, 0.1) is 31.7 Å². The molecule has 0 aliphatic rings. The van der Waals surface area contributed by atoms with E-state index in [1.54, 1.807) is 17.5 Å². The Morgan fingerprint density at radius 1 is 1.26 bits per heavy atom. The van der Waals surface area contributed by atoms with Crippen molar-refractivity contribution in [2.45, 2.75) is 18.9 Å². The Kier molecular flexibility index (Phi) is 6.31.